The predicted molar refractivity (Wildman–Crippen MR) is 75.5 cm³/mol. The van der Waals surface area contributed by atoms with Crippen LogP contribution in [-0.2, 0) is 6.54 Å². The smallest absolute Gasteiger partial charge is 0.0568 e. The van der Waals surface area contributed by atoms with Crippen molar-refractivity contribution in [3.63, 3.8) is 0 Å². The van der Waals surface area contributed by atoms with Gasteiger partial charge in [-0.25, -0.2) is 0 Å². The van der Waals surface area contributed by atoms with Crippen LogP contribution in [0.3, 0.4) is 0 Å². The summed E-state index contributed by atoms with van der Waals surface area (Å²) in [6.07, 6.45) is 3.68. The van der Waals surface area contributed by atoms with E-state index in [0.29, 0.717) is 5.02 Å². The third kappa shape index (κ3) is 3.20. The molecule has 0 aliphatic carbocycles. The molecular formula is C13H12BrClN2. The van der Waals surface area contributed by atoms with Crippen molar-refractivity contribution in [3.05, 3.63) is 57.3 Å². The summed E-state index contributed by atoms with van der Waals surface area (Å²) in [5.41, 5.74) is 3.42. The second kappa shape index (κ2) is 5.52. The average Bonchev–Trinajstić information content (AvgIpc) is 2.32. The van der Waals surface area contributed by atoms with E-state index in [1.807, 2.05) is 30.5 Å². The van der Waals surface area contributed by atoms with Gasteiger partial charge in [-0.05, 0) is 58.2 Å². The molecule has 2 rings (SSSR count). The minimum atomic E-state index is 0.706. The third-order valence-corrected chi connectivity index (χ3v) is 3.78. The lowest BCUT2D eigenvalue weighted by Crippen LogP contribution is -2.01. The molecule has 0 aliphatic heterocycles. The van der Waals surface area contributed by atoms with Crippen LogP contribution >= 0.6 is 27.5 Å². The molecular weight excluding hydrogens is 300 g/mol. The highest BCUT2D eigenvalue weighted by Crippen LogP contribution is 2.25. The fourth-order valence-corrected chi connectivity index (χ4v) is 1.91. The molecule has 0 saturated carbocycles. The lowest BCUT2D eigenvalue weighted by Gasteiger charge is -2.09. The number of pyridine rings is 1. The summed E-state index contributed by atoms with van der Waals surface area (Å²) in [5, 5.41) is 4.03. The number of hydrogen-bond donors (Lipinski definition) is 1. The van der Waals surface area contributed by atoms with Crippen molar-refractivity contribution < 1.29 is 0 Å². The van der Waals surface area contributed by atoms with E-state index in [1.165, 1.54) is 11.1 Å². The van der Waals surface area contributed by atoms with Crippen LogP contribution in [0.25, 0.3) is 0 Å². The van der Waals surface area contributed by atoms with Gasteiger partial charge in [0.05, 0.1) is 5.02 Å². The first kappa shape index (κ1) is 12.4. The van der Waals surface area contributed by atoms with Crippen LogP contribution in [0.5, 0.6) is 0 Å². The van der Waals surface area contributed by atoms with Crippen molar-refractivity contribution in [3.8, 4) is 0 Å². The first-order chi connectivity index (χ1) is 8.16. The van der Waals surface area contributed by atoms with Gasteiger partial charge >= 0.3 is 0 Å². The van der Waals surface area contributed by atoms with Gasteiger partial charge in [-0.2, -0.15) is 0 Å². The van der Waals surface area contributed by atoms with Gasteiger partial charge in [0.15, 0.2) is 0 Å². The standard InChI is InChI=1S/C13H12BrClN2/c1-9-4-5-16-7-10(9)8-17-11-2-3-12(14)13(15)6-11/h2-7,17H,8H2,1H3. The van der Waals surface area contributed by atoms with Gasteiger partial charge in [0, 0.05) is 29.1 Å². The molecule has 2 nitrogen and oxygen atoms in total. The Morgan fingerprint density at radius 1 is 1.35 bits per heavy atom. The van der Waals surface area contributed by atoms with Crippen LogP contribution < -0.4 is 5.32 Å². The van der Waals surface area contributed by atoms with Crippen LogP contribution in [-0.4, -0.2) is 4.98 Å². The SMILES string of the molecule is Cc1ccncc1CNc1ccc(Br)c(Cl)c1. The molecule has 0 radical (unpaired) electrons. The summed E-state index contributed by atoms with van der Waals surface area (Å²) in [4.78, 5) is 4.12. The molecule has 88 valence electrons. The molecule has 0 spiro atoms. The molecule has 0 aliphatic rings. The summed E-state index contributed by atoms with van der Waals surface area (Å²) in [7, 11) is 0. The number of nitrogens with one attached hydrogen (secondary N) is 1. The van der Waals surface area contributed by atoms with E-state index in [9.17, 15) is 0 Å². The van der Waals surface area contributed by atoms with Crippen molar-refractivity contribution >= 4 is 33.2 Å². The number of aryl methyl sites for hydroxylation is 1. The Labute approximate surface area is 114 Å². The zero-order valence-corrected chi connectivity index (χ0v) is 11.7. The minimum Gasteiger partial charge on any atom is -0.381 e. The molecule has 1 N–H and O–H groups in total. The van der Waals surface area contributed by atoms with Gasteiger partial charge in [0.25, 0.3) is 0 Å². The van der Waals surface area contributed by atoms with Crippen LogP contribution in [0.1, 0.15) is 11.1 Å². The van der Waals surface area contributed by atoms with Crippen molar-refractivity contribution in [1.29, 1.82) is 0 Å². The summed E-state index contributed by atoms with van der Waals surface area (Å²) in [6, 6.07) is 7.82. The summed E-state index contributed by atoms with van der Waals surface area (Å²) in [5.74, 6) is 0. The molecule has 0 atom stereocenters. The van der Waals surface area contributed by atoms with Crippen LogP contribution in [0.15, 0.2) is 41.1 Å². The van der Waals surface area contributed by atoms with E-state index in [4.69, 9.17) is 11.6 Å². The Morgan fingerprint density at radius 2 is 2.18 bits per heavy atom. The lowest BCUT2D eigenvalue weighted by atomic mass is 10.1. The van der Waals surface area contributed by atoms with Crippen molar-refractivity contribution in [1.82, 2.24) is 4.98 Å². The highest BCUT2D eigenvalue weighted by molar-refractivity contribution is 9.10. The fraction of sp³-hybridized carbons (Fsp3) is 0.154. The number of aromatic nitrogens is 1. The minimum absolute atomic E-state index is 0.706. The Bertz CT molecular complexity index is 529. The summed E-state index contributed by atoms with van der Waals surface area (Å²) in [6.45, 7) is 2.82. The third-order valence-electron chi connectivity index (χ3n) is 2.55. The number of halogens is 2. The normalized spacial score (nSPS) is 10.3. The number of benzene rings is 1. The van der Waals surface area contributed by atoms with E-state index in [2.05, 4.69) is 33.2 Å². The molecule has 2 aromatic rings. The van der Waals surface area contributed by atoms with Crippen LogP contribution in [0.4, 0.5) is 5.69 Å². The van der Waals surface area contributed by atoms with E-state index in [-0.39, 0.29) is 0 Å². The Balaban J connectivity index is 2.08. The maximum atomic E-state index is 6.03. The molecule has 1 aromatic carbocycles. The molecule has 0 fully saturated rings. The number of anilines is 1. The molecule has 17 heavy (non-hydrogen) atoms. The largest absolute Gasteiger partial charge is 0.381 e. The maximum Gasteiger partial charge on any atom is 0.0568 e. The second-order valence-corrected chi connectivity index (χ2v) is 5.05. The highest BCUT2D eigenvalue weighted by atomic mass is 79.9. The number of rotatable bonds is 3. The predicted octanol–water partition coefficient (Wildman–Crippen LogP) is 4.42. The highest BCUT2D eigenvalue weighted by Gasteiger charge is 2.00. The second-order valence-electron chi connectivity index (χ2n) is 3.78. The van der Waals surface area contributed by atoms with Gasteiger partial charge in [0.2, 0.25) is 0 Å². The summed E-state index contributed by atoms with van der Waals surface area (Å²) < 4.78 is 0.905. The zero-order valence-electron chi connectivity index (χ0n) is 9.37. The van der Waals surface area contributed by atoms with Gasteiger partial charge in [-0.15, -0.1) is 0 Å². The molecule has 1 heterocycles. The van der Waals surface area contributed by atoms with Gasteiger partial charge < -0.3 is 5.32 Å². The summed E-state index contributed by atoms with van der Waals surface area (Å²) >= 11 is 9.39. The van der Waals surface area contributed by atoms with Crippen molar-refractivity contribution in [2.75, 3.05) is 5.32 Å². The fourth-order valence-electron chi connectivity index (χ4n) is 1.49. The van der Waals surface area contributed by atoms with E-state index in [1.54, 1.807) is 6.20 Å². The monoisotopic (exact) mass is 310 g/mol. The molecule has 1 aromatic heterocycles. The quantitative estimate of drug-likeness (QED) is 0.907. The Hall–Kier alpha value is -1.06. The van der Waals surface area contributed by atoms with E-state index >= 15 is 0 Å². The number of nitrogens with zero attached hydrogens (tertiary/aromatic N) is 1. The van der Waals surface area contributed by atoms with E-state index < -0.39 is 0 Å². The van der Waals surface area contributed by atoms with Crippen molar-refractivity contribution in [2.24, 2.45) is 0 Å². The zero-order chi connectivity index (χ0) is 12.3. The van der Waals surface area contributed by atoms with Gasteiger partial charge in [-0.1, -0.05) is 11.6 Å². The molecule has 4 heteroatoms. The molecule has 0 saturated heterocycles. The Kier molecular flexibility index (Phi) is 4.02. The topological polar surface area (TPSA) is 24.9 Å². The first-order valence-corrected chi connectivity index (χ1v) is 6.42. The van der Waals surface area contributed by atoms with Crippen molar-refractivity contribution in [2.45, 2.75) is 13.5 Å². The number of hydrogen-bond acceptors (Lipinski definition) is 2. The molecule has 0 unspecified atom stereocenters. The van der Waals surface area contributed by atoms with Gasteiger partial charge in [0.1, 0.15) is 0 Å². The average molecular weight is 312 g/mol. The maximum absolute atomic E-state index is 6.03. The molecule has 0 bridgehead atoms. The van der Waals surface area contributed by atoms with Crippen LogP contribution in [0, 0.1) is 6.92 Å². The first-order valence-electron chi connectivity index (χ1n) is 5.25. The lowest BCUT2D eigenvalue weighted by molar-refractivity contribution is 1.08. The Morgan fingerprint density at radius 3 is 2.88 bits per heavy atom. The van der Waals surface area contributed by atoms with Gasteiger partial charge in [-0.3, -0.25) is 4.98 Å². The molecule has 0 amide bonds. The van der Waals surface area contributed by atoms with E-state index in [0.717, 1.165) is 16.7 Å². The van der Waals surface area contributed by atoms with Crippen LogP contribution in [0.2, 0.25) is 5.02 Å².